The van der Waals surface area contributed by atoms with Crippen LogP contribution in [0.25, 0.3) is 11.0 Å². The summed E-state index contributed by atoms with van der Waals surface area (Å²) >= 11 is 6.07. The van der Waals surface area contributed by atoms with Gasteiger partial charge in [-0.1, -0.05) is 24.5 Å². The average Bonchev–Trinajstić information content (AvgIpc) is 3.06. The van der Waals surface area contributed by atoms with Gasteiger partial charge in [-0.25, -0.2) is 4.98 Å². The number of aryl methyl sites for hydroxylation is 1. The molecule has 0 spiro atoms. The molecule has 0 bridgehead atoms. The van der Waals surface area contributed by atoms with Crippen LogP contribution < -0.4 is 10.8 Å². The number of halogens is 1. The molecule has 2 radical (unpaired) electrons. The number of nitrogens with one attached hydrogen (secondary N) is 1. The summed E-state index contributed by atoms with van der Waals surface area (Å²) in [6, 6.07) is 5.34. The summed E-state index contributed by atoms with van der Waals surface area (Å²) in [5, 5.41) is 8.08. The fourth-order valence-electron chi connectivity index (χ4n) is 3.06. The lowest BCUT2D eigenvalue weighted by Crippen LogP contribution is -2.15. The van der Waals surface area contributed by atoms with E-state index in [1.807, 2.05) is 6.20 Å². The van der Waals surface area contributed by atoms with E-state index in [9.17, 15) is 4.79 Å². The summed E-state index contributed by atoms with van der Waals surface area (Å²) in [5.41, 5.74) is 3.16. The third kappa shape index (κ3) is 2.36. The van der Waals surface area contributed by atoms with Gasteiger partial charge in [0.2, 0.25) is 11.2 Å². The first-order valence-corrected chi connectivity index (χ1v) is 8.05. The molecular weight excluding hydrogens is 324 g/mol. The molecule has 118 valence electrons. The average molecular weight is 338 g/mol. The highest BCUT2D eigenvalue weighted by Crippen LogP contribution is 2.38. The molecule has 24 heavy (non-hydrogen) atoms. The molecule has 0 aliphatic carbocycles. The first-order chi connectivity index (χ1) is 11.6. The zero-order chi connectivity index (χ0) is 16.8. The summed E-state index contributed by atoms with van der Waals surface area (Å²) < 4.78 is 1.80. The summed E-state index contributed by atoms with van der Waals surface area (Å²) in [6.45, 7) is 2.82. The van der Waals surface area contributed by atoms with Crippen molar-refractivity contribution in [2.75, 3.05) is 5.32 Å². The molecule has 3 aromatic rings. The van der Waals surface area contributed by atoms with E-state index in [2.05, 4.69) is 27.3 Å². The quantitative estimate of drug-likeness (QED) is 0.584. The van der Waals surface area contributed by atoms with Crippen LogP contribution in [0.2, 0.25) is 5.28 Å². The summed E-state index contributed by atoms with van der Waals surface area (Å²) in [7, 11) is 5.89. The summed E-state index contributed by atoms with van der Waals surface area (Å²) in [5.74, 6) is -0.735. The lowest BCUT2D eigenvalue weighted by Gasteiger charge is -2.10. The molecule has 0 saturated carbocycles. The lowest BCUT2D eigenvalue weighted by molar-refractivity contribution is -0.116. The van der Waals surface area contributed by atoms with Gasteiger partial charge in [-0.3, -0.25) is 9.48 Å². The second-order valence-electron chi connectivity index (χ2n) is 5.78. The summed E-state index contributed by atoms with van der Waals surface area (Å²) in [6.07, 6.45) is 2.80. The standard InChI is InChI=1S/C16H13BClN5O/c1-2-5-23-7-10-13(20-16(18)21-14(10)22-23)12-9-6-8(17)3-4-11(9)19-15(12)24/h3-4,6-7,12H,2,5H2,1H3,(H,19,24). The minimum absolute atomic E-state index is 0.0735. The molecule has 1 aliphatic rings. The molecule has 1 aliphatic heterocycles. The van der Waals surface area contributed by atoms with Gasteiger partial charge in [0, 0.05) is 18.4 Å². The number of rotatable bonds is 3. The van der Waals surface area contributed by atoms with Crippen LogP contribution in [-0.4, -0.2) is 33.5 Å². The van der Waals surface area contributed by atoms with E-state index in [-0.39, 0.29) is 11.2 Å². The number of aromatic nitrogens is 4. The first-order valence-electron chi connectivity index (χ1n) is 7.67. The van der Waals surface area contributed by atoms with E-state index >= 15 is 0 Å². The van der Waals surface area contributed by atoms with Crippen molar-refractivity contribution in [1.29, 1.82) is 0 Å². The number of nitrogens with zero attached hydrogens (tertiary/aromatic N) is 4. The van der Waals surface area contributed by atoms with E-state index in [0.717, 1.165) is 29.6 Å². The normalized spacial score (nSPS) is 16.4. The Hall–Kier alpha value is -2.41. The number of benzene rings is 1. The highest BCUT2D eigenvalue weighted by Gasteiger charge is 2.35. The van der Waals surface area contributed by atoms with Crippen molar-refractivity contribution < 1.29 is 4.79 Å². The molecule has 3 heterocycles. The van der Waals surface area contributed by atoms with Crippen molar-refractivity contribution in [3.8, 4) is 0 Å². The fraction of sp³-hybridized carbons (Fsp3) is 0.250. The Morgan fingerprint density at radius 1 is 1.38 bits per heavy atom. The van der Waals surface area contributed by atoms with Gasteiger partial charge in [0.15, 0.2) is 5.65 Å². The van der Waals surface area contributed by atoms with Crippen LogP contribution in [0, 0.1) is 0 Å². The molecule has 1 aromatic carbocycles. The second kappa shape index (κ2) is 5.59. The van der Waals surface area contributed by atoms with Crippen LogP contribution in [0.15, 0.2) is 24.4 Å². The number of amides is 1. The van der Waals surface area contributed by atoms with E-state index in [1.54, 1.807) is 22.9 Å². The van der Waals surface area contributed by atoms with E-state index in [0.29, 0.717) is 16.8 Å². The lowest BCUT2D eigenvalue weighted by atomic mass is 9.88. The van der Waals surface area contributed by atoms with E-state index < -0.39 is 5.92 Å². The zero-order valence-electron chi connectivity index (χ0n) is 13.0. The number of fused-ring (bicyclic) bond motifs is 2. The predicted molar refractivity (Wildman–Crippen MR) is 92.9 cm³/mol. The van der Waals surface area contributed by atoms with Crippen LogP contribution >= 0.6 is 11.6 Å². The maximum atomic E-state index is 12.5. The minimum Gasteiger partial charge on any atom is -0.325 e. The highest BCUT2D eigenvalue weighted by atomic mass is 35.5. The van der Waals surface area contributed by atoms with Crippen LogP contribution in [0.1, 0.15) is 30.5 Å². The number of anilines is 1. The number of hydrogen-bond donors (Lipinski definition) is 1. The molecule has 2 aromatic heterocycles. The Morgan fingerprint density at radius 3 is 3.00 bits per heavy atom. The first kappa shape index (κ1) is 15.1. The van der Waals surface area contributed by atoms with Gasteiger partial charge in [-0.15, -0.1) is 0 Å². The van der Waals surface area contributed by atoms with Crippen molar-refractivity contribution in [3.63, 3.8) is 0 Å². The molecule has 1 amide bonds. The maximum Gasteiger partial charge on any atom is 0.238 e. The molecule has 1 atom stereocenters. The maximum absolute atomic E-state index is 12.5. The molecule has 1 unspecified atom stereocenters. The van der Waals surface area contributed by atoms with Crippen molar-refractivity contribution in [1.82, 2.24) is 19.7 Å². The molecule has 4 rings (SSSR count). The van der Waals surface area contributed by atoms with Gasteiger partial charge in [0.05, 0.1) is 11.1 Å². The minimum atomic E-state index is -0.578. The van der Waals surface area contributed by atoms with Crippen molar-refractivity contribution in [3.05, 3.63) is 40.9 Å². The van der Waals surface area contributed by atoms with E-state index in [1.165, 1.54) is 0 Å². The van der Waals surface area contributed by atoms with Crippen LogP contribution in [0.3, 0.4) is 0 Å². The van der Waals surface area contributed by atoms with Gasteiger partial charge < -0.3 is 5.32 Å². The third-order valence-electron chi connectivity index (χ3n) is 4.06. The van der Waals surface area contributed by atoms with Crippen LogP contribution in [0.5, 0.6) is 0 Å². The molecule has 0 fully saturated rings. The molecule has 6 nitrogen and oxygen atoms in total. The van der Waals surface area contributed by atoms with Crippen LogP contribution in [0.4, 0.5) is 5.69 Å². The van der Waals surface area contributed by atoms with Crippen molar-refractivity contribution >= 4 is 47.5 Å². The Balaban J connectivity index is 1.93. The number of carbonyl (C=O) groups excluding carboxylic acids is 1. The largest absolute Gasteiger partial charge is 0.325 e. The van der Waals surface area contributed by atoms with Crippen molar-refractivity contribution in [2.45, 2.75) is 25.8 Å². The third-order valence-corrected chi connectivity index (χ3v) is 4.23. The zero-order valence-corrected chi connectivity index (χ0v) is 13.7. The predicted octanol–water partition coefficient (Wildman–Crippen LogP) is 1.77. The van der Waals surface area contributed by atoms with Gasteiger partial charge in [0.25, 0.3) is 0 Å². The topological polar surface area (TPSA) is 72.7 Å². The Morgan fingerprint density at radius 2 is 2.21 bits per heavy atom. The van der Waals surface area contributed by atoms with Gasteiger partial charge in [-0.05, 0) is 29.7 Å². The second-order valence-corrected chi connectivity index (χ2v) is 6.11. The SMILES string of the molecule is [B]c1ccc2c(c1)C(c1nc(Cl)nc3nn(CCC)cc13)C(=O)N2. The number of carbonyl (C=O) groups is 1. The monoisotopic (exact) mass is 337 g/mol. The smallest absolute Gasteiger partial charge is 0.238 e. The number of hydrogen-bond acceptors (Lipinski definition) is 4. The Labute approximate surface area is 144 Å². The Bertz CT molecular complexity index is 971. The highest BCUT2D eigenvalue weighted by molar-refractivity contribution is 6.32. The molecular formula is C16H13BClN5O. The van der Waals surface area contributed by atoms with Gasteiger partial charge >= 0.3 is 0 Å². The Kier molecular flexibility index (Phi) is 3.53. The van der Waals surface area contributed by atoms with Gasteiger partial charge in [0.1, 0.15) is 13.8 Å². The molecule has 8 heteroatoms. The molecule has 1 N–H and O–H groups in total. The van der Waals surface area contributed by atoms with E-state index in [4.69, 9.17) is 19.4 Å². The molecule has 0 saturated heterocycles. The fourth-order valence-corrected chi connectivity index (χ4v) is 3.23. The van der Waals surface area contributed by atoms with Crippen LogP contribution in [-0.2, 0) is 11.3 Å². The summed E-state index contributed by atoms with van der Waals surface area (Å²) in [4.78, 5) is 21.1. The van der Waals surface area contributed by atoms with Gasteiger partial charge in [-0.2, -0.15) is 10.1 Å². The van der Waals surface area contributed by atoms with Crippen molar-refractivity contribution in [2.24, 2.45) is 0 Å².